The maximum absolute atomic E-state index is 12.9. The summed E-state index contributed by atoms with van der Waals surface area (Å²) in [5.41, 5.74) is 0.197. The van der Waals surface area contributed by atoms with Gasteiger partial charge in [0.25, 0.3) is 0 Å². The molecule has 21 heavy (non-hydrogen) atoms. The summed E-state index contributed by atoms with van der Waals surface area (Å²) in [6.45, 7) is 5.11. The van der Waals surface area contributed by atoms with Gasteiger partial charge in [-0.25, -0.2) is 8.42 Å². The molecule has 0 aliphatic carbocycles. The molecule has 1 aromatic carbocycles. The normalized spacial score (nSPS) is 19.1. The Morgan fingerprint density at radius 3 is 2.71 bits per heavy atom. The van der Waals surface area contributed by atoms with Crippen LogP contribution in [0.25, 0.3) is 0 Å². The predicted octanol–water partition coefficient (Wildman–Crippen LogP) is 1.71. The van der Waals surface area contributed by atoms with Crippen molar-refractivity contribution in [3.05, 3.63) is 29.8 Å². The second kappa shape index (κ2) is 6.56. The minimum Gasteiger partial charge on any atom is -0.313 e. The number of nitrogens with zero attached hydrogens (tertiary/aromatic N) is 2. The lowest BCUT2D eigenvalue weighted by molar-refractivity contribution is 0.322. The Bertz CT molecular complexity index is 629. The van der Waals surface area contributed by atoms with Crippen molar-refractivity contribution in [1.82, 2.24) is 9.62 Å². The fourth-order valence-corrected chi connectivity index (χ4v) is 4.45. The van der Waals surface area contributed by atoms with Gasteiger partial charge in [-0.05, 0) is 45.4 Å². The molecule has 6 heteroatoms. The van der Waals surface area contributed by atoms with Gasteiger partial charge in [0.1, 0.15) is 6.07 Å². The maximum Gasteiger partial charge on any atom is 0.244 e. The Morgan fingerprint density at radius 2 is 2.14 bits per heavy atom. The van der Waals surface area contributed by atoms with Crippen LogP contribution in [-0.4, -0.2) is 37.9 Å². The van der Waals surface area contributed by atoms with E-state index in [9.17, 15) is 8.42 Å². The third-order valence-electron chi connectivity index (χ3n) is 3.73. The number of rotatable bonds is 5. The van der Waals surface area contributed by atoms with Crippen LogP contribution in [0.5, 0.6) is 0 Å². The molecule has 1 aliphatic heterocycles. The van der Waals surface area contributed by atoms with Crippen molar-refractivity contribution in [2.45, 2.75) is 43.7 Å². The summed E-state index contributed by atoms with van der Waals surface area (Å²) in [6, 6.07) is 8.39. The van der Waals surface area contributed by atoms with Gasteiger partial charge in [0, 0.05) is 18.6 Å². The van der Waals surface area contributed by atoms with Crippen molar-refractivity contribution in [3.63, 3.8) is 0 Å². The third kappa shape index (κ3) is 3.43. The molecule has 0 bridgehead atoms. The first-order chi connectivity index (χ1) is 9.96. The largest absolute Gasteiger partial charge is 0.313 e. The SMILES string of the molecule is CC(C)N(CC1CCCN1)S(=O)(=O)c1ccccc1C#N. The minimum atomic E-state index is -3.66. The highest BCUT2D eigenvalue weighted by molar-refractivity contribution is 7.89. The molecule has 0 amide bonds. The zero-order valence-corrected chi connectivity index (χ0v) is 13.2. The van der Waals surface area contributed by atoms with E-state index in [1.807, 2.05) is 19.9 Å². The topological polar surface area (TPSA) is 73.2 Å². The van der Waals surface area contributed by atoms with Crippen LogP contribution in [0.2, 0.25) is 0 Å². The van der Waals surface area contributed by atoms with Gasteiger partial charge in [-0.1, -0.05) is 12.1 Å². The summed E-state index contributed by atoms with van der Waals surface area (Å²) in [4.78, 5) is 0.0965. The molecule has 114 valence electrons. The first kappa shape index (κ1) is 16.0. The van der Waals surface area contributed by atoms with E-state index in [0.29, 0.717) is 6.54 Å². The molecule has 1 N–H and O–H groups in total. The first-order valence-electron chi connectivity index (χ1n) is 7.21. The van der Waals surface area contributed by atoms with E-state index in [1.54, 1.807) is 18.2 Å². The van der Waals surface area contributed by atoms with Crippen LogP contribution in [0.3, 0.4) is 0 Å². The second-order valence-corrected chi connectivity index (χ2v) is 7.43. The molecule has 1 aromatic rings. The zero-order valence-electron chi connectivity index (χ0n) is 12.4. The molecule has 5 nitrogen and oxygen atoms in total. The molecule has 0 spiro atoms. The molecular formula is C15H21N3O2S. The molecular weight excluding hydrogens is 286 g/mol. The van der Waals surface area contributed by atoms with Crippen LogP contribution in [0, 0.1) is 11.3 Å². The average Bonchev–Trinajstić information content (AvgIpc) is 2.97. The predicted molar refractivity (Wildman–Crippen MR) is 81.2 cm³/mol. The van der Waals surface area contributed by atoms with Crippen molar-refractivity contribution in [2.24, 2.45) is 0 Å². The van der Waals surface area contributed by atoms with E-state index in [1.165, 1.54) is 10.4 Å². The summed E-state index contributed by atoms with van der Waals surface area (Å²) in [5, 5.41) is 12.5. The van der Waals surface area contributed by atoms with Crippen LogP contribution in [0.15, 0.2) is 29.2 Å². The van der Waals surface area contributed by atoms with Gasteiger partial charge in [0.15, 0.2) is 0 Å². The van der Waals surface area contributed by atoms with Crippen LogP contribution in [-0.2, 0) is 10.0 Å². The number of hydrogen-bond donors (Lipinski definition) is 1. The number of hydrogen-bond acceptors (Lipinski definition) is 4. The summed E-state index contributed by atoms with van der Waals surface area (Å²) in [6.07, 6.45) is 2.06. The maximum atomic E-state index is 12.9. The van der Waals surface area contributed by atoms with Crippen molar-refractivity contribution in [3.8, 4) is 6.07 Å². The summed E-state index contributed by atoms with van der Waals surface area (Å²) in [5.74, 6) is 0. The van der Waals surface area contributed by atoms with E-state index in [4.69, 9.17) is 5.26 Å². The van der Waals surface area contributed by atoms with E-state index in [-0.39, 0.29) is 22.5 Å². The molecule has 0 aromatic heterocycles. The monoisotopic (exact) mass is 307 g/mol. The molecule has 1 saturated heterocycles. The van der Waals surface area contributed by atoms with E-state index in [2.05, 4.69) is 5.32 Å². The molecule has 1 atom stereocenters. The van der Waals surface area contributed by atoms with Crippen LogP contribution >= 0.6 is 0 Å². The van der Waals surface area contributed by atoms with Crippen LogP contribution in [0.1, 0.15) is 32.3 Å². The van der Waals surface area contributed by atoms with Crippen molar-refractivity contribution in [2.75, 3.05) is 13.1 Å². The highest BCUT2D eigenvalue weighted by atomic mass is 32.2. The lowest BCUT2D eigenvalue weighted by Gasteiger charge is -2.28. The van der Waals surface area contributed by atoms with Gasteiger partial charge in [-0.2, -0.15) is 9.57 Å². The van der Waals surface area contributed by atoms with Crippen LogP contribution in [0.4, 0.5) is 0 Å². The first-order valence-corrected chi connectivity index (χ1v) is 8.65. The number of nitrogens with one attached hydrogen (secondary N) is 1. The van der Waals surface area contributed by atoms with Crippen molar-refractivity contribution < 1.29 is 8.42 Å². The lowest BCUT2D eigenvalue weighted by Crippen LogP contribution is -2.44. The molecule has 0 radical (unpaired) electrons. The van der Waals surface area contributed by atoms with Gasteiger partial charge >= 0.3 is 0 Å². The van der Waals surface area contributed by atoms with Crippen molar-refractivity contribution in [1.29, 1.82) is 5.26 Å². The summed E-state index contributed by atoms with van der Waals surface area (Å²) in [7, 11) is -3.66. The zero-order chi connectivity index (χ0) is 15.5. The van der Waals surface area contributed by atoms with Gasteiger partial charge < -0.3 is 5.32 Å². The number of sulfonamides is 1. The summed E-state index contributed by atoms with van der Waals surface area (Å²) >= 11 is 0. The standard InChI is InChI=1S/C15H21N3O2S/c1-12(2)18(11-14-7-5-9-17-14)21(19,20)15-8-4-3-6-13(15)10-16/h3-4,6,8,12,14,17H,5,7,9,11H2,1-2H3. The number of nitriles is 1. The molecule has 1 aliphatic rings. The minimum absolute atomic E-state index is 0.0965. The molecule has 2 rings (SSSR count). The van der Waals surface area contributed by atoms with E-state index < -0.39 is 10.0 Å². The van der Waals surface area contributed by atoms with Gasteiger partial charge in [0.2, 0.25) is 10.0 Å². The van der Waals surface area contributed by atoms with Crippen molar-refractivity contribution >= 4 is 10.0 Å². The van der Waals surface area contributed by atoms with E-state index >= 15 is 0 Å². The molecule has 1 unspecified atom stereocenters. The third-order valence-corrected chi connectivity index (χ3v) is 5.83. The van der Waals surface area contributed by atoms with E-state index in [0.717, 1.165) is 19.4 Å². The molecule has 1 heterocycles. The second-order valence-electron chi connectivity index (χ2n) is 5.57. The summed E-state index contributed by atoms with van der Waals surface area (Å²) < 4.78 is 27.3. The quantitative estimate of drug-likeness (QED) is 0.899. The number of benzene rings is 1. The Balaban J connectivity index is 2.35. The molecule has 1 fully saturated rings. The Kier molecular flexibility index (Phi) is 4.99. The van der Waals surface area contributed by atoms with Crippen LogP contribution < -0.4 is 5.32 Å². The molecule has 0 saturated carbocycles. The fraction of sp³-hybridized carbons (Fsp3) is 0.533. The Labute approximate surface area is 126 Å². The fourth-order valence-electron chi connectivity index (χ4n) is 2.63. The van der Waals surface area contributed by atoms with Gasteiger partial charge in [0.05, 0.1) is 10.5 Å². The Morgan fingerprint density at radius 1 is 1.43 bits per heavy atom. The smallest absolute Gasteiger partial charge is 0.244 e. The van der Waals surface area contributed by atoms with Gasteiger partial charge in [-0.3, -0.25) is 0 Å². The highest BCUT2D eigenvalue weighted by Crippen LogP contribution is 2.23. The van der Waals surface area contributed by atoms with Gasteiger partial charge in [-0.15, -0.1) is 0 Å². The Hall–Kier alpha value is -1.42. The lowest BCUT2D eigenvalue weighted by atomic mass is 10.2. The average molecular weight is 307 g/mol. The highest BCUT2D eigenvalue weighted by Gasteiger charge is 2.31.